The monoisotopic (exact) mass is 277 g/mol. The first-order valence-electron chi connectivity index (χ1n) is 5.40. The number of nitrogens with one attached hydrogen (secondary N) is 1. The Hall–Kier alpha value is -0.320. The van der Waals surface area contributed by atoms with E-state index in [4.69, 9.17) is 27.9 Å². The number of ether oxygens (including phenoxy) is 1. The van der Waals surface area contributed by atoms with Crippen LogP contribution in [0.1, 0.15) is 18.6 Å². The largest absolute Gasteiger partial charge is 0.387 e. The quantitative estimate of drug-likeness (QED) is 0.840. The lowest BCUT2D eigenvalue weighted by Gasteiger charge is -2.17. The van der Waals surface area contributed by atoms with Crippen molar-refractivity contribution >= 4 is 23.2 Å². The first-order valence-corrected chi connectivity index (χ1v) is 6.15. The van der Waals surface area contributed by atoms with Gasteiger partial charge in [0.15, 0.2) is 0 Å². The molecule has 0 heterocycles. The number of hydrogen-bond donors (Lipinski definition) is 2. The van der Waals surface area contributed by atoms with Gasteiger partial charge in [-0.2, -0.15) is 0 Å². The number of halogens is 2. The third kappa shape index (κ3) is 4.82. The van der Waals surface area contributed by atoms with E-state index in [0.717, 1.165) is 0 Å². The Morgan fingerprint density at radius 1 is 1.41 bits per heavy atom. The summed E-state index contributed by atoms with van der Waals surface area (Å²) in [6.45, 7) is 2.98. The van der Waals surface area contributed by atoms with E-state index >= 15 is 0 Å². The molecule has 0 radical (unpaired) electrons. The predicted octanol–water partition coefficient (Wildman–Crippen LogP) is 2.65. The highest BCUT2D eigenvalue weighted by Crippen LogP contribution is 2.25. The molecule has 2 unspecified atom stereocenters. The van der Waals surface area contributed by atoms with Crippen LogP contribution in [0.3, 0.4) is 0 Å². The molecule has 96 valence electrons. The van der Waals surface area contributed by atoms with Crippen LogP contribution in [0.25, 0.3) is 0 Å². The molecule has 2 N–H and O–H groups in total. The molecule has 0 spiro atoms. The number of methoxy groups -OCH3 is 1. The van der Waals surface area contributed by atoms with E-state index in [1.807, 2.05) is 6.92 Å². The highest BCUT2D eigenvalue weighted by atomic mass is 35.5. The highest BCUT2D eigenvalue weighted by molar-refractivity contribution is 6.33. The fraction of sp³-hybridized carbons (Fsp3) is 0.500. The maximum absolute atomic E-state index is 10.00. The summed E-state index contributed by atoms with van der Waals surface area (Å²) in [4.78, 5) is 0. The minimum Gasteiger partial charge on any atom is -0.387 e. The topological polar surface area (TPSA) is 41.5 Å². The van der Waals surface area contributed by atoms with Crippen molar-refractivity contribution in [3.8, 4) is 0 Å². The van der Waals surface area contributed by atoms with Crippen LogP contribution in [0, 0.1) is 0 Å². The normalized spacial score (nSPS) is 14.6. The minimum atomic E-state index is -0.680. The number of benzene rings is 1. The fourth-order valence-electron chi connectivity index (χ4n) is 1.50. The van der Waals surface area contributed by atoms with Gasteiger partial charge in [-0.15, -0.1) is 0 Å². The lowest BCUT2D eigenvalue weighted by molar-refractivity contribution is 0.143. The Labute approximate surface area is 112 Å². The maximum Gasteiger partial charge on any atom is 0.0929 e. The smallest absolute Gasteiger partial charge is 0.0929 e. The summed E-state index contributed by atoms with van der Waals surface area (Å²) in [6.07, 6.45) is -0.680. The molecule has 1 aromatic carbocycles. The third-order valence-electron chi connectivity index (χ3n) is 2.39. The van der Waals surface area contributed by atoms with E-state index in [1.54, 1.807) is 25.3 Å². The van der Waals surface area contributed by atoms with Crippen LogP contribution in [-0.2, 0) is 4.74 Å². The lowest BCUT2D eigenvalue weighted by atomic mass is 10.1. The third-order valence-corrected chi connectivity index (χ3v) is 2.97. The Morgan fingerprint density at radius 3 is 2.76 bits per heavy atom. The van der Waals surface area contributed by atoms with E-state index in [-0.39, 0.29) is 6.04 Å². The molecule has 3 nitrogen and oxygen atoms in total. The molecular formula is C12H17Cl2NO2. The van der Waals surface area contributed by atoms with Crippen molar-refractivity contribution in [1.82, 2.24) is 5.32 Å². The molecule has 1 rings (SSSR count). The molecule has 5 heteroatoms. The van der Waals surface area contributed by atoms with Crippen molar-refractivity contribution in [2.24, 2.45) is 0 Å². The van der Waals surface area contributed by atoms with Crippen LogP contribution in [0.15, 0.2) is 18.2 Å². The summed E-state index contributed by atoms with van der Waals surface area (Å²) in [5, 5.41) is 14.2. The average Bonchev–Trinajstić information content (AvgIpc) is 2.29. The predicted molar refractivity (Wildman–Crippen MR) is 70.8 cm³/mol. The molecule has 2 atom stereocenters. The van der Waals surface area contributed by atoms with Crippen LogP contribution in [0.5, 0.6) is 0 Å². The summed E-state index contributed by atoms with van der Waals surface area (Å²) in [5.74, 6) is 0. The van der Waals surface area contributed by atoms with E-state index in [9.17, 15) is 5.11 Å². The summed E-state index contributed by atoms with van der Waals surface area (Å²) in [7, 11) is 1.64. The summed E-state index contributed by atoms with van der Waals surface area (Å²) in [6, 6.07) is 5.23. The van der Waals surface area contributed by atoms with Gasteiger partial charge in [0, 0.05) is 35.3 Å². The number of rotatable bonds is 6. The molecule has 0 aromatic heterocycles. The van der Waals surface area contributed by atoms with Gasteiger partial charge in [0.05, 0.1) is 12.7 Å². The first kappa shape index (κ1) is 14.7. The molecule has 0 saturated carbocycles. The van der Waals surface area contributed by atoms with Crippen LogP contribution in [0.2, 0.25) is 10.0 Å². The lowest BCUT2D eigenvalue weighted by Crippen LogP contribution is -2.33. The van der Waals surface area contributed by atoms with Crippen molar-refractivity contribution in [3.63, 3.8) is 0 Å². The van der Waals surface area contributed by atoms with Crippen LogP contribution < -0.4 is 5.32 Å². The summed E-state index contributed by atoms with van der Waals surface area (Å²) < 4.78 is 4.99. The molecular weight excluding hydrogens is 261 g/mol. The second-order valence-corrected chi connectivity index (χ2v) is 4.79. The zero-order valence-electron chi connectivity index (χ0n) is 9.91. The molecule has 17 heavy (non-hydrogen) atoms. The van der Waals surface area contributed by atoms with Crippen LogP contribution in [-0.4, -0.2) is 31.4 Å². The van der Waals surface area contributed by atoms with Gasteiger partial charge in [-0.05, 0) is 25.1 Å². The number of aliphatic hydroxyl groups excluding tert-OH is 1. The molecule has 0 aliphatic carbocycles. The number of aliphatic hydroxyl groups is 1. The van der Waals surface area contributed by atoms with Gasteiger partial charge in [-0.3, -0.25) is 0 Å². The SMILES string of the molecule is COCC(C)NCC(O)c1cc(Cl)ccc1Cl. The maximum atomic E-state index is 10.00. The molecule has 0 amide bonds. The van der Waals surface area contributed by atoms with Gasteiger partial charge in [0.25, 0.3) is 0 Å². The van der Waals surface area contributed by atoms with Crippen molar-refractivity contribution in [2.45, 2.75) is 19.1 Å². The Morgan fingerprint density at radius 2 is 2.12 bits per heavy atom. The van der Waals surface area contributed by atoms with E-state index in [1.165, 1.54) is 0 Å². The van der Waals surface area contributed by atoms with Crippen molar-refractivity contribution in [3.05, 3.63) is 33.8 Å². The number of hydrogen-bond acceptors (Lipinski definition) is 3. The van der Waals surface area contributed by atoms with E-state index in [0.29, 0.717) is 28.8 Å². The van der Waals surface area contributed by atoms with Gasteiger partial charge in [-0.1, -0.05) is 23.2 Å². The van der Waals surface area contributed by atoms with Gasteiger partial charge in [-0.25, -0.2) is 0 Å². The highest BCUT2D eigenvalue weighted by Gasteiger charge is 2.13. The molecule has 0 fully saturated rings. The van der Waals surface area contributed by atoms with Gasteiger partial charge in [0.2, 0.25) is 0 Å². The zero-order chi connectivity index (χ0) is 12.8. The standard InChI is InChI=1S/C12H17Cl2NO2/c1-8(7-17-2)15-6-12(16)10-5-9(13)3-4-11(10)14/h3-5,8,12,15-16H,6-7H2,1-2H3. The second-order valence-electron chi connectivity index (χ2n) is 3.95. The van der Waals surface area contributed by atoms with Gasteiger partial charge >= 0.3 is 0 Å². The molecule has 0 bridgehead atoms. The zero-order valence-corrected chi connectivity index (χ0v) is 11.4. The van der Waals surface area contributed by atoms with E-state index in [2.05, 4.69) is 5.32 Å². The van der Waals surface area contributed by atoms with Gasteiger partial charge < -0.3 is 15.2 Å². The Kier molecular flexibility index (Phi) is 6.23. The van der Waals surface area contributed by atoms with Crippen molar-refractivity contribution in [1.29, 1.82) is 0 Å². The van der Waals surface area contributed by atoms with E-state index < -0.39 is 6.10 Å². The Balaban J connectivity index is 2.57. The first-order chi connectivity index (χ1) is 8.04. The van der Waals surface area contributed by atoms with Crippen molar-refractivity contribution < 1.29 is 9.84 Å². The van der Waals surface area contributed by atoms with Crippen molar-refractivity contribution in [2.75, 3.05) is 20.3 Å². The molecule has 0 saturated heterocycles. The van der Waals surface area contributed by atoms with Gasteiger partial charge in [0.1, 0.15) is 0 Å². The minimum absolute atomic E-state index is 0.174. The summed E-state index contributed by atoms with van der Waals surface area (Å²) in [5.41, 5.74) is 0.635. The molecule has 0 aliphatic heterocycles. The molecule has 1 aromatic rings. The molecule has 0 aliphatic rings. The Bertz CT molecular complexity index is 360. The second kappa shape index (κ2) is 7.19. The van der Waals surface area contributed by atoms with Crippen LogP contribution >= 0.6 is 23.2 Å². The fourth-order valence-corrected chi connectivity index (χ4v) is 1.93. The summed E-state index contributed by atoms with van der Waals surface area (Å²) >= 11 is 11.9. The average molecular weight is 278 g/mol. The van der Waals surface area contributed by atoms with Crippen LogP contribution in [0.4, 0.5) is 0 Å².